The minimum Gasteiger partial charge on any atom is -0.490 e. The fraction of sp³-hybridized carbons (Fsp3) is 0.391. The maximum atomic E-state index is 6.35. The second-order valence-corrected chi connectivity index (χ2v) is 8.22. The summed E-state index contributed by atoms with van der Waals surface area (Å²) in [4.78, 5) is 13.3. The van der Waals surface area contributed by atoms with Gasteiger partial charge in [0.05, 0.1) is 48.9 Å². The zero-order valence-electron chi connectivity index (χ0n) is 18.4. The van der Waals surface area contributed by atoms with Crippen LogP contribution in [-0.2, 0) is 13.6 Å². The molecule has 32 heavy (non-hydrogen) atoms. The summed E-state index contributed by atoms with van der Waals surface area (Å²) in [5, 5.41) is 0. The van der Waals surface area contributed by atoms with Gasteiger partial charge in [-0.05, 0) is 24.6 Å². The van der Waals surface area contributed by atoms with E-state index >= 15 is 0 Å². The Balaban J connectivity index is 1.30. The van der Waals surface area contributed by atoms with E-state index in [9.17, 15) is 0 Å². The van der Waals surface area contributed by atoms with Crippen LogP contribution in [-0.4, -0.2) is 58.9 Å². The Hall–Kier alpha value is -3.46. The number of fused-ring (bicyclic) bond motifs is 1. The van der Waals surface area contributed by atoms with Crippen LogP contribution in [0.25, 0.3) is 0 Å². The Bertz CT molecular complexity index is 1100. The van der Waals surface area contributed by atoms with Gasteiger partial charge in [0, 0.05) is 38.9 Å². The number of nitrogens with two attached hydrogens (primary N) is 1. The summed E-state index contributed by atoms with van der Waals surface area (Å²) in [7, 11) is 3.55. The molecule has 1 saturated heterocycles. The predicted octanol–water partition coefficient (Wildman–Crippen LogP) is 2.59. The average Bonchev–Trinajstić information content (AvgIpc) is 3.41. The molecule has 1 aromatic carbocycles. The van der Waals surface area contributed by atoms with E-state index in [0.29, 0.717) is 24.7 Å². The predicted molar refractivity (Wildman–Crippen MR) is 122 cm³/mol. The lowest BCUT2D eigenvalue weighted by atomic mass is 10.2. The second-order valence-electron chi connectivity index (χ2n) is 8.22. The van der Waals surface area contributed by atoms with Gasteiger partial charge in [0.2, 0.25) is 5.88 Å². The number of ether oxygens (including phenoxy) is 3. The zero-order valence-corrected chi connectivity index (χ0v) is 18.4. The third-order valence-corrected chi connectivity index (χ3v) is 5.84. The first kappa shape index (κ1) is 20.4. The van der Waals surface area contributed by atoms with Crippen LogP contribution in [0.1, 0.15) is 12.1 Å². The molecule has 5 rings (SSSR count). The lowest BCUT2D eigenvalue weighted by molar-refractivity contribution is 0.197. The third-order valence-electron chi connectivity index (χ3n) is 5.84. The number of pyridine rings is 1. The number of aromatic nitrogens is 3. The van der Waals surface area contributed by atoms with Gasteiger partial charge in [-0.25, -0.2) is 9.97 Å². The fourth-order valence-corrected chi connectivity index (χ4v) is 4.32. The minimum absolute atomic E-state index is 0.146. The molecule has 9 heteroatoms. The lowest BCUT2D eigenvalue weighted by Crippen LogP contribution is -2.29. The number of methoxy groups -OCH3 is 1. The maximum absolute atomic E-state index is 6.35. The van der Waals surface area contributed by atoms with Gasteiger partial charge in [-0.15, -0.1) is 0 Å². The topological polar surface area (TPSA) is 90.9 Å². The number of aryl methyl sites for hydroxylation is 1. The normalized spacial score (nSPS) is 18.3. The molecule has 1 atom stereocenters. The molecule has 2 N–H and O–H groups in total. The molecule has 0 bridgehead atoms. The van der Waals surface area contributed by atoms with Crippen molar-refractivity contribution < 1.29 is 14.2 Å². The summed E-state index contributed by atoms with van der Waals surface area (Å²) in [6.45, 7) is 4.01. The smallest absolute Gasteiger partial charge is 0.236 e. The van der Waals surface area contributed by atoms with E-state index in [1.165, 1.54) is 0 Å². The number of nitrogen functional groups attached to an aromatic ring is 1. The molecule has 2 aliphatic rings. The number of imidazole rings is 1. The Morgan fingerprint density at radius 2 is 2.12 bits per heavy atom. The molecule has 3 aromatic rings. The highest BCUT2D eigenvalue weighted by Gasteiger charge is 2.26. The molecule has 0 aliphatic carbocycles. The van der Waals surface area contributed by atoms with Crippen molar-refractivity contribution in [2.24, 2.45) is 7.05 Å². The molecule has 0 radical (unpaired) electrons. The van der Waals surface area contributed by atoms with E-state index < -0.39 is 0 Å². The van der Waals surface area contributed by atoms with Crippen LogP contribution < -0.4 is 24.8 Å². The molecule has 0 saturated carbocycles. The van der Waals surface area contributed by atoms with Gasteiger partial charge in [-0.1, -0.05) is 0 Å². The highest BCUT2D eigenvalue weighted by atomic mass is 16.5. The molecule has 168 valence electrons. The highest BCUT2D eigenvalue weighted by Crippen LogP contribution is 2.40. The highest BCUT2D eigenvalue weighted by molar-refractivity contribution is 5.73. The van der Waals surface area contributed by atoms with Crippen molar-refractivity contribution in [1.29, 1.82) is 0 Å². The number of anilines is 3. The first-order chi connectivity index (χ1) is 15.6. The van der Waals surface area contributed by atoms with E-state index in [1.54, 1.807) is 13.3 Å². The van der Waals surface area contributed by atoms with E-state index in [0.717, 1.165) is 54.6 Å². The molecule has 9 nitrogen and oxygen atoms in total. The fourth-order valence-electron chi connectivity index (χ4n) is 4.32. The summed E-state index contributed by atoms with van der Waals surface area (Å²) < 4.78 is 19.4. The molecule has 2 aromatic heterocycles. The summed E-state index contributed by atoms with van der Waals surface area (Å²) >= 11 is 0. The SMILES string of the molecule is COc1ncc(N2CCOc3ccc(OC4CCN(Cc5cn(C)cn5)C4)cc32)cc1N. The number of hydrogen-bond acceptors (Lipinski definition) is 8. The molecule has 4 heterocycles. The largest absolute Gasteiger partial charge is 0.490 e. The van der Waals surface area contributed by atoms with Crippen LogP contribution in [0.5, 0.6) is 17.4 Å². The van der Waals surface area contributed by atoms with Crippen LogP contribution in [0.2, 0.25) is 0 Å². The Morgan fingerprint density at radius 3 is 2.91 bits per heavy atom. The molecule has 1 unspecified atom stereocenters. The number of nitrogens with zero attached hydrogens (tertiary/aromatic N) is 5. The quantitative estimate of drug-likeness (QED) is 0.631. The van der Waals surface area contributed by atoms with Crippen molar-refractivity contribution in [1.82, 2.24) is 19.4 Å². The minimum atomic E-state index is 0.146. The van der Waals surface area contributed by atoms with Gasteiger partial charge in [0.25, 0.3) is 0 Å². The van der Waals surface area contributed by atoms with Crippen molar-refractivity contribution in [3.05, 3.63) is 48.7 Å². The molecular weight excluding hydrogens is 408 g/mol. The Morgan fingerprint density at radius 1 is 1.22 bits per heavy atom. The lowest BCUT2D eigenvalue weighted by Gasteiger charge is -2.31. The van der Waals surface area contributed by atoms with Crippen molar-refractivity contribution in [3.8, 4) is 17.4 Å². The third kappa shape index (κ3) is 4.16. The second kappa shape index (κ2) is 8.58. The Labute approximate surface area is 187 Å². The van der Waals surface area contributed by atoms with E-state index in [4.69, 9.17) is 19.9 Å². The Kier molecular flexibility index (Phi) is 5.48. The summed E-state index contributed by atoms with van der Waals surface area (Å²) in [6, 6.07) is 7.86. The van der Waals surface area contributed by atoms with Crippen LogP contribution in [0.15, 0.2) is 43.0 Å². The van der Waals surface area contributed by atoms with Gasteiger partial charge in [-0.2, -0.15) is 0 Å². The molecule has 2 aliphatic heterocycles. The molecule has 0 amide bonds. The monoisotopic (exact) mass is 436 g/mol. The summed E-state index contributed by atoms with van der Waals surface area (Å²) in [5.74, 6) is 2.08. The van der Waals surface area contributed by atoms with E-state index in [-0.39, 0.29) is 6.10 Å². The first-order valence-electron chi connectivity index (χ1n) is 10.8. The van der Waals surface area contributed by atoms with Crippen molar-refractivity contribution in [2.75, 3.05) is 44.0 Å². The summed E-state index contributed by atoms with van der Waals surface area (Å²) in [5.41, 5.74) is 9.52. The van der Waals surface area contributed by atoms with Crippen molar-refractivity contribution in [3.63, 3.8) is 0 Å². The standard InChI is InChI=1S/C23H28N6O3/c1-27-12-16(26-15-27)13-28-6-5-19(14-28)32-18-3-4-22-21(10-18)29(7-8-31-22)17-9-20(24)23(30-2)25-11-17/h3-4,9-12,15,19H,5-8,13-14,24H2,1-2H3. The number of rotatable bonds is 6. The van der Waals surface area contributed by atoms with Crippen molar-refractivity contribution in [2.45, 2.75) is 19.1 Å². The molecule has 0 spiro atoms. The van der Waals surface area contributed by atoms with Crippen LogP contribution in [0, 0.1) is 0 Å². The van der Waals surface area contributed by atoms with Gasteiger partial charge >= 0.3 is 0 Å². The number of hydrogen-bond donors (Lipinski definition) is 1. The van der Waals surface area contributed by atoms with Crippen LogP contribution >= 0.6 is 0 Å². The number of benzene rings is 1. The van der Waals surface area contributed by atoms with E-state index in [1.807, 2.05) is 42.2 Å². The zero-order chi connectivity index (χ0) is 22.1. The molecule has 1 fully saturated rings. The van der Waals surface area contributed by atoms with E-state index in [2.05, 4.69) is 26.0 Å². The van der Waals surface area contributed by atoms with Crippen LogP contribution in [0.4, 0.5) is 17.1 Å². The maximum Gasteiger partial charge on any atom is 0.236 e. The summed E-state index contributed by atoms with van der Waals surface area (Å²) in [6.07, 6.45) is 6.81. The van der Waals surface area contributed by atoms with Crippen LogP contribution in [0.3, 0.4) is 0 Å². The van der Waals surface area contributed by atoms with Gasteiger partial charge in [0.1, 0.15) is 24.2 Å². The molecular formula is C23H28N6O3. The van der Waals surface area contributed by atoms with Gasteiger partial charge in [-0.3, -0.25) is 4.90 Å². The van der Waals surface area contributed by atoms with Gasteiger partial charge < -0.3 is 29.4 Å². The van der Waals surface area contributed by atoms with Gasteiger partial charge in [0.15, 0.2) is 0 Å². The average molecular weight is 437 g/mol. The van der Waals surface area contributed by atoms with Crippen molar-refractivity contribution >= 4 is 17.1 Å². The number of likely N-dealkylation sites (tertiary alicyclic amines) is 1. The first-order valence-corrected chi connectivity index (χ1v) is 10.8.